The molecule has 0 radical (unpaired) electrons. The minimum atomic E-state index is -0.169. The van der Waals surface area contributed by atoms with Crippen molar-refractivity contribution in [3.63, 3.8) is 0 Å². The number of carbonyl (C=O) groups is 1. The van der Waals surface area contributed by atoms with Crippen molar-refractivity contribution in [1.82, 2.24) is 5.32 Å². The lowest BCUT2D eigenvalue weighted by molar-refractivity contribution is -0.124. The predicted molar refractivity (Wildman–Crippen MR) is 55.1 cm³/mol. The van der Waals surface area contributed by atoms with Gasteiger partial charge in [0.15, 0.2) is 0 Å². The third-order valence-electron chi connectivity index (χ3n) is 2.48. The average molecular weight is 204 g/mol. The molecule has 1 aliphatic heterocycles. The summed E-state index contributed by atoms with van der Waals surface area (Å²) >= 11 is 6.07. The number of Topliss-reactive ketones (excluding diaryl/α,β-unsaturated/α-hetero) is 1. The Bertz CT molecular complexity index is 186. The largest absolute Gasteiger partial charge is 0.316 e. The van der Waals surface area contributed by atoms with E-state index >= 15 is 0 Å². The number of piperidine rings is 1. The van der Waals surface area contributed by atoms with Gasteiger partial charge >= 0.3 is 0 Å². The molecule has 0 bridgehead atoms. The second-order valence-electron chi connectivity index (χ2n) is 4.37. The number of ketones is 1. The van der Waals surface area contributed by atoms with Crippen molar-refractivity contribution in [3.8, 4) is 0 Å². The first-order valence-electron chi connectivity index (χ1n) is 4.91. The number of alkyl halides is 1. The molecule has 0 aromatic heterocycles. The second-order valence-corrected chi connectivity index (χ2v) is 5.40. The van der Waals surface area contributed by atoms with E-state index in [1.807, 2.05) is 13.8 Å². The number of hydrogen-bond acceptors (Lipinski definition) is 2. The standard InChI is InChI=1S/C10H18ClNO/c1-10(2,11)5-3-8-7-12-6-4-9(8)13/h8,12H,3-7H2,1-2H3. The first kappa shape index (κ1) is 11.0. The molecule has 1 heterocycles. The molecule has 2 nitrogen and oxygen atoms in total. The number of hydrogen-bond donors (Lipinski definition) is 1. The highest BCUT2D eigenvalue weighted by Crippen LogP contribution is 2.24. The fourth-order valence-corrected chi connectivity index (χ4v) is 1.70. The Morgan fingerprint density at radius 1 is 1.62 bits per heavy atom. The van der Waals surface area contributed by atoms with Crippen LogP contribution in [0.25, 0.3) is 0 Å². The molecule has 1 fully saturated rings. The number of halogens is 1. The maximum Gasteiger partial charge on any atom is 0.138 e. The lowest BCUT2D eigenvalue weighted by Gasteiger charge is -2.24. The van der Waals surface area contributed by atoms with Crippen LogP contribution in [0.3, 0.4) is 0 Å². The van der Waals surface area contributed by atoms with Gasteiger partial charge in [-0.25, -0.2) is 0 Å². The van der Waals surface area contributed by atoms with E-state index in [0.29, 0.717) is 12.2 Å². The summed E-state index contributed by atoms with van der Waals surface area (Å²) in [5.41, 5.74) is 0. The van der Waals surface area contributed by atoms with Crippen molar-refractivity contribution in [2.75, 3.05) is 13.1 Å². The van der Waals surface area contributed by atoms with Crippen LogP contribution < -0.4 is 5.32 Å². The molecule has 1 aliphatic rings. The fourth-order valence-electron chi connectivity index (χ4n) is 1.59. The van der Waals surface area contributed by atoms with Gasteiger partial charge in [0.25, 0.3) is 0 Å². The molecule has 0 aromatic rings. The van der Waals surface area contributed by atoms with Crippen LogP contribution in [-0.4, -0.2) is 23.7 Å². The van der Waals surface area contributed by atoms with E-state index in [0.717, 1.165) is 25.9 Å². The summed E-state index contributed by atoms with van der Waals surface area (Å²) in [7, 11) is 0. The molecule has 0 spiro atoms. The molecule has 13 heavy (non-hydrogen) atoms. The highest BCUT2D eigenvalue weighted by molar-refractivity contribution is 6.23. The van der Waals surface area contributed by atoms with Gasteiger partial charge in [-0.3, -0.25) is 4.79 Å². The van der Waals surface area contributed by atoms with Crippen molar-refractivity contribution < 1.29 is 4.79 Å². The zero-order valence-electron chi connectivity index (χ0n) is 8.40. The maximum atomic E-state index is 11.4. The summed E-state index contributed by atoms with van der Waals surface area (Å²) in [5.74, 6) is 0.603. The van der Waals surface area contributed by atoms with Gasteiger partial charge in [0.2, 0.25) is 0 Å². The Hall–Kier alpha value is -0.0800. The lowest BCUT2D eigenvalue weighted by Crippen LogP contribution is -2.37. The fraction of sp³-hybridized carbons (Fsp3) is 0.900. The summed E-state index contributed by atoms with van der Waals surface area (Å²) < 4.78 is 0. The molecule has 1 atom stereocenters. The molecular formula is C10H18ClNO. The molecule has 1 saturated heterocycles. The van der Waals surface area contributed by atoms with Gasteiger partial charge in [-0.2, -0.15) is 0 Å². The second kappa shape index (κ2) is 4.43. The Balaban J connectivity index is 2.31. The van der Waals surface area contributed by atoms with Crippen LogP contribution >= 0.6 is 11.6 Å². The highest BCUT2D eigenvalue weighted by Gasteiger charge is 2.24. The maximum absolute atomic E-state index is 11.4. The van der Waals surface area contributed by atoms with Crippen molar-refractivity contribution in [2.24, 2.45) is 5.92 Å². The van der Waals surface area contributed by atoms with E-state index in [2.05, 4.69) is 5.32 Å². The Labute approximate surface area is 85.0 Å². The zero-order chi connectivity index (χ0) is 9.90. The minimum Gasteiger partial charge on any atom is -0.316 e. The van der Waals surface area contributed by atoms with Crippen molar-refractivity contribution in [1.29, 1.82) is 0 Å². The third-order valence-corrected chi connectivity index (χ3v) is 2.67. The van der Waals surface area contributed by atoms with Crippen LogP contribution in [0.15, 0.2) is 0 Å². The van der Waals surface area contributed by atoms with Crippen molar-refractivity contribution in [3.05, 3.63) is 0 Å². The van der Waals surface area contributed by atoms with E-state index in [4.69, 9.17) is 11.6 Å². The Kier molecular flexibility index (Phi) is 3.74. The minimum absolute atomic E-state index is 0.169. The number of carbonyl (C=O) groups excluding carboxylic acids is 1. The summed E-state index contributed by atoms with van der Waals surface area (Å²) in [4.78, 5) is 11.3. The quantitative estimate of drug-likeness (QED) is 0.711. The zero-order valence-corrected chi connectivity index (χ0v) is 9.16. The predicted octanol–water partition coefficient (Wildman–Crippen LogP) is 1.96. The lowest BCUT2D eigenvalue weighted by atomic mass is 9.90. The number of rotatable bonds is 3. The first-order valence-corrected chi connectivity index (χ1v) is 5.29. The molecule has 1 unspecified atom stereocenters. The van der Waals surface area contributed by atoms with Gasteiger partial charge in [0.05, 0.1) is 0 Å². The van der Waals surface area contributed by atoms with Gasteiger partial charge < -0.3 is 5.32 Å². The first-order chi connectivity index (χ1) is 5.99. The normalized spacial score (nSPS) is 24.8. The van der Waals surface area contributed by atoms with E-state index in [9.17, 15) is 4.79 Å². The summed E-state index contributed by atoms with van der Waals surface area (Å²) in [6.45, 7) is 5.68. The molecule has 1 N–H and O–H groups in total. The van der Waals surface area contributed by atoms with Crippen LogP contribution in [-0.2, 0) is 4.79 Å². The molecule has 0 amide bonds. The van der Waals surface area contributed by atoms with Crippen molar-refractivity contribution in [2.45, 2.75) is 38.0 Å². The summed E-state index contributed by atoms with van der Waals surface area (Å²) in [6.07, 6.45) is 2.52. The van der Waals surface area contributed by atoms with Crippen LogP contribution in [0, 0.1) is 5.92 Å². The Morgan fingerprint density at radius 3 is 2.85 bits per heavy atom. The molecule has 0 saturated carbocycles. The van der Waals surface area contributed by atoms with Gasteiger partial charge in [0, 0.05) is 30.3 Å². The average Bonchev–Trinajstić information content (AvgIpc) is 2.01. The van der Waals surface area contributed by atoms with E-state index in [1.165, 1.54) is 0 Å². The topological polar surface area (TPSA) is 29.1 Å². The van der Waals surface area contributed by atoms with E-state index in [-0.39, 0.29) is 10.8 Å². The third kappa shape index (κ3) is 4.10. The smallest absolute Gasteiger partial charge is 0.138 e. The van der Waals surface area contributed by atoms with Crippen molar-refractivity contribution >= 4 is 17.4 Å². The van der Waals surface area contributed by atoms with Crippen LogP contribution in [0.4, 0.5) is 0 Å². The monoisotopic (exact) mass is 203 g/mol. The van der Waals surface area contributed by atoms with Gasteiger partial charge in [0.1, 0.15) is 5.78 Å². The summed E-state index contributed by atoms with van der Waals surface area (Å²) in [6, 6.07) is 0. The SMILES string of the molecule is CC(C)(Cl)CCC1CNCCC1=O. The molecule has 0 aliphatic carbocycles. The van der Waals surface area contributed by atoms with Gasteiger partial charge in [-0.1, -0.05) is 0 Å². The van der Waals surface area contributed by atoms with Crippen LogP contribution in [0.2, 0.25) is 0 Å². The molecule has 3 heteroatoms. The van der Waals surface area contributed by atoms with E-state index in [1.54, 1.807) is 0 Å². The summed E-state index contributed by atoms with van der Waals surface area (Å²) in [5, 5.41) is 3.24. The van der Waals surface area contributed by atoms with E-state index < -0.39 is 0 Å². The molecular weight excluding hydrogens is 186 g/mol. The molecule has 76 valence electrons. The Morgan fingerprint density at radius 2 is 2.31 bits per heavy atom. The molecule has 0 aromatic carbocycles. The molecule has 1 rings (SSSR count). The highest BCUT2D eigenvalue weighted by atomic mass is 35.5. The number of nitrogens with one attached hydrogen (secondary N) is 1. The van der Waals surface area contributed by atoms with Gasteiger partial charge in [-0.15, -0.1) is 11.6 Å². The van der Waals surface area contributed by atoms with Gasteiger partial charge in [-0.05, 0) is 26.7 Å². The van der Waals surface area contributed by atoms with Crippen LogP contribution in [0.1, 0.15) is 33.1 Å². The van der Waals surface area contributed by atoms with Crippen LogP contribution in [0.5, 0.6) is 0 Å².